The monoisotopic (exact) mass is 253 g/mol. The number of hydrogen-bond acceptors (Lipinski definition) is 2. The highest BCUT2D eigenvalue weighted by Crippen LogP contribution is 2.16. The summed E-state index contributed by atoms with van der Waals surface area (Å²) in [6.07, 6.45) is 2.69. The van der Waals surface area contributed by atoms with Crippen LogP contribution >= 0.6 is 0 Å². The van der Waals surface area contributed by atoms with Gasteiger partial charge in [0.1, 0.15) is 0 Å². The summed E-state index contributed by atoms with van der Waals surface area (Å²) in [6, 6.07) is 8.48. The molecule has 0 N–H and O–H groups in total. The first kappa shape index (κ1) is 13.9. The average Bonchev–Trinajstić information content (AvgIpc) is 2.36. The molecule has 0 saturated heterocycles. The van der Waals surface area contributed by atoms with E-state index in [1.54, 1.807) is 43.5 Å². The summed E-state index contributed by atoms with van der Waals surface area (Å²) < 4.78 is 25.8. The maximum Gasteiger partial charge on any atom is 0.242 e. The Bertz CT molecular complexity index is 454. The van der Waals surface area contributed by atoms with Crippen LogP contribution in [0.4, 0.5) is 0 Å². The van der Waals surface area contributed by atoms with E-state index in [0.717, 1.165) is 6.42 Å². The SMILES string of the molecule is C=CC(CC)CN(C)S(=O)(=O)c1ccccc1. The number of hydrogen-bond donors (Lipinski definition) is 0. The molecule has 0 radical (unpaired) electrons. The van der Waals surface area contributed by atoms with Crippen molar-refractivity contribution in [2.24, 2.45) is 5.92 Å². The Morgan fingerprint density at radius 3 is 2.41 bits per heavy atom. The molecule has 1 rings (SSSR count). The lowest BCUT2D eigenvalue weighted by atomic mass is 10.1. The highest BCUT2D eigenvalue weighted by molar-refractivity contribution is 7.89. The molecule has 0 aliphatic heterocycles. The molecule has 0 aliphatic rings. The molecule has 0 saturated carbocycles. The zero-order chi connectivity index (χ0) is 12.9. The van der Waals surface area contributed by atoms with Crippen molar-refractivity contribution in [1.82, 2.24) is 4.31 Å². The number of benzene rings is 1. The highest BCUT2D eigenvalue weighted by atomic mass is 32.2. The van der Waals surface area contributed by atoms with Crippen LogP contribution in [0.1, 0.15) is 13.3 Å². The van der Waals surface area contributed by atoms with Gasteiger partial charge in [-0.25, -0.2) is 12.7 Å². The quantitative estimate of drug-likeness (QED) is 0.731. The molecule has 1 aromatic rings. The second kappa shape index (κ2) is 5.98. The lowest BCUT2D eigenvalue weighted by molar-refractivity contribution is 0.417. The third-order valence-electron chi connectivity index (χ3n) is 2.80. The van der Waals surface area contributed by atoms with Crippen molar-refractivity contribution in [3.05, 3.63) is 43.0 Å². The molecule has 3 nitrogen and oxygen atoms in total. The lowest BCUT2D eigenvalue weighted by Gasteiger charge is -2.20. The van der Waals surface area contributed by atoms with E-state index in [4.69, 9.17) is 0 Å². The minimum absolute atomic E-state index is 0.193. The molecule has 1 aromatic carbocycles. The summed E-state index contributed by atoms with van der Waals surface area (Å²) in [5, 5.41) is 0. The Hall–Kier alpha value is -1.13. The Balaban J connectivity index is 2.88. The molecule has 0 bridgehead atoms. The van der Waals surface area contributed by atoms with Crippen LogP contribution in [-0.2, 0) is 10.0 Å². The summed E-state index contributed by atoms with van der Waals surface area (Å²) in [5.41, 5.74) is 0. The molecule has 1 unspecified atom stereocenters. The lowest BCUT2D eigenvalue weighted by Crippen LogP contribution is -2.31. The molecule has 17 heavy (non-hydrogen) atoms. The van der Waals surface area contributed by atoms with Gasteiger partial charge in [0.15, 0.2) is 0 Å². The van der Waals surface area contributed by atoms with Gasteiger partial charge in [-0.3, -0.25) is 0 Å². The van der Waals surface area contributed by atoms with E-state index in [9.17, 15) is 8.42 Å². The van der Waals surface area contributed by atoms with Gasteiger partial charge in [0.25, 0.3) is 0 Å². The molecule has 0 fully saturated rings. The van der Waals surface area contributed by atoms with Crippen LogP contribution in [0.3, 0.4) is 0 Å². The third kappa shape index (κ3) is 3.41. The van der Waals surface area contributed by atoms with E-state index < -0.39 is 10.0 Å². The van der Waals surface area contributed by atoms with Crippen molar-refractivity contribution in [1.29, 1.82) is 0 Å². The van der Waals surface area contributed by atoms with E-state index in [1.807, 2.05) is 6.92 Å². The normalized spacial score (nSPS) is 13.6. The van der Waals surface area contributed by atoms with Gasteiger partial charge in [-0.1, -0.05) is 31.2 Å². The van der Waals surface area contributed by atoms with E-state index in [1.165, 1.54) is 4.31 Å². The van der Waals surface area contributed by atoms with Crippen LogP contribution in [0, 0.1) is 5.92 Å². The Morgan fingerprint density at radius 2 is 1.94 bits per heavy atom. The fourth-order valence-electron chi connectivity index (χ4n) is 1.57. The van der Waals surface area contributed by atoms with Gasteiger partial charge < -0.3 is 0 Å². The van der Waals surface area contributed by atoms with Crippen molar-refractivity contribution < 1.29 is 8.42 Å². The minimum atomic E-state index is -3.37. The molecular formula is C13H19NO2S. The third-order valence-corrected chi connectivity index (χ3v) is 4.64. The van der Waals surface area contributed by atoms with Gasteiger partial charge in [0, 0.05) is 13.6 Å². The van der Waals surface area contributed by atoms with Gasteiger partial charge in [0.05, 0.1) is 4.90 Å². The first-order chi connectivity index (χ1) is 8.02. The van der Waals surface area contributed by atoms with Crippen LogP contribution < -0.4 is 0 Å². The number of nitrogens with zero attached hydrogens (tertiary/aromatic N) is 1. The van der Waals surface area contributed by atoms with Gasteiger partial charge in [-0.15, -0.1) is 6.58 Å². The molecular weight excluding hydrogens is 234 g/mol. The average molecular weight is 253 g/mol. The fraction of sp³-hybridized carbons (Fsp3) is 0.385. The summed E-state index contributed by atoms with van der Waals surface area (Å²) in [4.78, 5) is 0.335. The summed E-state index contributed by atoms with van der Waals surface area (Å²) in [6.45, 7) is 6.21. The van der Waals surface area contributed by atoms with Gasteiger partial charge in [-0.2, -0.15) is 0 Å². The van der Waals surface area contributed by atoms with E-state index in [0.29, 0.717) is 11.4 Å². The fourth-order valence-corrected chi connectivity index (χ4v) is 2.82. The van der Waals surface area contributed by atoms with Crippen LogP contribution in [0.5, 0.6) is 0 Å². The molecule has 0 spiro atoms. The number of rotatable bonds is 6. The molecule has 0 aliphatic carbocycles. The van der Waals surface area contributed by atoms with Gasteiger partial charge in [0.2, 0.25) is 10.0 Å². The number of sulfonamides is 1. The van der Waals surface area contributed by atoms with Crippen LogP contribution in [0.2, 0.25) is 0 Å². The minimum Gasteiger partial charge on any atom is -0.207 e. The first-order valence-corrected chi connectivity index (χ1v) is 7.10. The Labute approximate surface area is 104 Å². The molecule has 94 valence electrons. The molecule has 4 heteroatoms. The Morgan fingerprint density at radius 1 is 1.35 bits per heavy atom. The topological polar surface area (TPSA) is 37.4 Å². The summed E-state index contributed by atoms with van der Waals surface area (Å²) >= 11 is 0. The smallest absolute Gasteiger partial charge is 0.207 e. The van der Waals surface area contributed by atoms with E-state index in [2.05, 4.69) is 6.58 Å². The summed E-state index contributed by atoms with van der Waals surface area (Å²) in [5.74, 6) is 0.193. The maximum absolute atomic E-state index is 12.2. The van der Waals surface area contributed by atoms with Crippen molar-refractivity contribution in [3.63, 3.8) is 0 Å². The zero-order valence-electron chi connectivity index (χ0n) is 10.3. The van der Waals surface area contributed by atoms with Crippen LogP contribution in [-0.4, -0.2) is 26.3 Å². The van der Waals surface area contributed by atoms with Crippen LogP contribution in [0.25, 0.3) is 0 Å². The van der Waals surface area contributed by atoms with Crippen molar-refractivity contribution in [2.45, 2.75) is 18.2 Å². The van der Waals surface area contributed by atoms with Crippen LogP contribution in [0.15, 0.2) is 47.9 Å². The molecule has 1 atom stereocenters. The van der Waals surface area contributed by atoms with Gasteiger partial charge >= 0.3 is 0 Å². The Kier molecular flexibility index (Phi) is 4.90. The first-order valence-electron chi connectivity index (χ1n) is 5.66. The van der Waals surface area contributed by atoms with Crippen molar-refractivity contribution >= 4 is 10.0 Å². The maximum atomic E-state index is 12.2. The van der Waals surface area contributed by atoms with E-state index in [-0.39, 0.29) is 5.92 Å². The highest BCUT2D eigenvalue weighted by Gasteiger charge is 2.21. The molecule has 0 heterocycles. The largest absolute Gasteiger partial charge is 0.242 e. The van der Waals surface area contributed by atoms with Crippen molar-refractivity contribution in [3.8, 4) is 0 Å². The standard InChI is InChI=1S/C13H19NO2S/c1-4-12(5-2)11-14(3)17(15,16)13-9-7-6-8-10-13/h4,6-10,12H,1,5,11H2,2-3H3. The predicted molar refractivity (Wildman–Crippen MR) is 70.2 cm³/mol. The summed E-state index contributed by atoms with van der Waals surface area (Å²) in [7, 11) is -1.76. The predicted octanol–water partition coefficient (Wildman–Crippen LogP) is 2.52. The second-order valence-electron chi connectivity index (χ2n) is 4.00. The zero-order valence-corrected chi connectivity index (χ0v) is 11.2. The van der Waals surface area contributed by atoms with E-state index >= 15 is 0 Å². The molecule has 0 amide bonds. The molecule has 0 aromatic heterocycles. The van der Waals surface area contributed by atoms with Crippen molar-refractivity contribution in [2.75, 3.05) is 13.6 Å². The van der Waals surface area contributed by atoms with Gasteiger partial charge in [-0.05, 0) is 24.5 Å². The second-order valence-corrected chi connectivity index (χ2v) is 6.05.